The van der Waals surface area contributed by atoms with Gasteiger partial charge < -0.3 is 10.2 Å². The average Bonchev–Trinajstić information content (AvgIpc) is 2.59. The minimum absolute atomic E-state index is 0.177. The maximum Gasteiger partial charge on any atom is 0.275 e. The number of benzene rings is 2. The van der Waals surface area contributed by atoms with Gasteiger partial charge in [0.1, 0.15) is 6.54 Å². The highest BCUT2D eigenvalue weighted by Gasteiger charge is 2.13. The van der Waals surface area contributed by atoms with Crippen molar-refractivity contribution < 1.29 is 4.79 Å². The molecule has 0 bridgehead atoms. The lowest BCUT2D eigenvalue weighted by atomic mass is 10.1. The Morgan fingerprint density at radius 3 is 2.58 bits per heavy atom. The Balaban J connectivity index is 1.90. The van der Waals surface area contributed by atoms with Crippen LogP contribution in [0.2, 0.25) is 5.02 Å². The molecule has 1 amide bonds. The van der Waals surface area contributed by atoms with Crippen molar-refractivity contribution in [3.8, 4) is 0 Å². The van der Waals surface area contributed by atoms with Crippen LogP contribution in [0.25, 0.3) is 10.8 Å². The van der Waals surface area contributed by atoms with Crippen molar-refractivity contribution in [3.63, 3.8) is 0 Å². The summed E-state index contributed by atoms with van der Waals surface area (Å²) in [5, 5.41) is 8.93. The number of carbonyl (C=O) groups excluding carboxylic acids is 1. The second-order valence-electron chi connectivity index (χ2n) is 6.20. The zero-order valence-electron chi connectivity index (χ0n) is 14.8. The van der Waals surface area contributed by atoms with Crippen LogP contribution < -0.4 is 15.8 Å². The van der Waals surface area contributed by atoms with Crippen LogP contribution in [0.4, 0.5) is 11.4 Å². The summed E-state index contributed by atoms with van der Waals surface area (Å²) in [4.78, 5) is 27.0. The normalized spacial score (nSPS) is 10.8. The van der Waals surface area contributed by atoms with Gasteiger partial charge in [-0.15, -0.1) is 0 Å². The van der Waals surface area contributed by atoms with Crippen molar-refractivity contribution in [2.45, 2.75) is 13.5 Å². The molecule has 0 aliphatic heterocycles. The van der Waals surface area contributed by atoms with E-state index in [0.717, 1.165) is 11.1 Å². The van der Waals surface area contributed by atoms with Crippen LogP contribution in [0, 0.1) is 6.92 Å². The van der Waals surface area contributed by atoms with E-state index in [4.69, 9.17) is 11.6 Å². The molecule has 134 valence electrons. The molecule has 0 saturated carbocycles. The fourth-order valence-corrected chi connectivity index (χ4v) is 3.01. The van der Waals surface area contributed by atoms with Gasteiger partial charge >= 0.3 is 0 Å². The standard InChI is InChI=1S/C19H19ClN4O2/c1-12-14-6-4-5-7-15(14)19(26)24(22-12)11-18(25)21-16-10-13(20)8-9-17(16)23(2)3/h4-10H,11H2,1-3H3,(H,21,25). The van der Waals surface area contributed by atoms with Gasteiger partial charge in [-0.1, -0.05) is 29.8 Å². The maximum atomic E-state index is 12.6. The number of aromatic nitrogens is 2. The van der Waals surface area contributed by atoms with E-state index in [1.807, 2.05) is 44.1 Å². The maximum absolute atomic E-state index is 12.6. The Labute approximate surface area is 156 Å². The van der Waals surface area contributed by atoms with Crippen molar-refractivity contribution in [1.82, 2.24) is 9.78 Å². The molecule has 1 N–H and O–H groups in total. The molecule has 0 unspecified atom stereocenters. The molecular formula is C19H19ClN4O2. The number of aryl methyl sites for hydroxylation is 1. The molecule has 1 aromatic heterocycles. The number of hydrogen-bond acceptors (Lipinski definition) is 4. The van der Waals surface area contributed by atoms with Gasteiger partial charge in [0, 0.05) is 24.5 Å². The van der Waals surface area contributed by atoms with Gasteiger partial charge in [0.05, 0.1) is 22.5 Å². The molecule has 0 aliphatic rings. The summed E-state index contributed by atoms with van der Waals surface area (Å²) >= 11 is 6.04. The molecule has 0 fully saturated rings. The van der Waals surface area contributed by atoms with Crippen LogP contribution in [-0.2, 0) is 11.3 Å². The Morgan fingerprint density at radius 2 is 1.88 bits per heavy atom. The summed E-state index contributed by atoms with van der Waals surface area (Å²) in [6.45, 7) is 1.64. The molecule has 0 aliphatic carbocycles. The summed E-state index contributed by atoms with van der Waals surface area (Å²) in [6.07, 6.45) is 0. The zero-order valence-corrected chi connectivity index (χ0v) is 15.5. The molecule has 0 spiro atoms. The van der Waals surface area contributed by atoms with Gasteiger partial charge in [-0.05, 0) is 31.2 Å². The van der Waals surface area contributed by atoms with Crippen LogP contribution in [0.5, 0.6) is 0 Å². The van der Waals surface area contributed by atoms with E-state index in [9.17, 15) is 9.59 Å². The number of halogens is 1. The number of nitrogens with one attached hydrogen (secondary N) is 1. The van der Waals surface area contributed by atoms with Crippen molar-refractivity contribution in [2.24, 2.45) is 0 Å². The average molecular weight is 371 g/mol. The number of hydrogen-bond donors (Lipinski definition) is 1. The highest BCUT2D eigenvalue weighted by molar-refractivity contribution is 6.31. The molecule has 6 nitrogen and oxygen atoms in total. The summed E-state index contributed by atoms with van der Waals surface area (Å²) in [6, 6.07) is 12.5. The molecule has 0 saturated heterocycles. The van der Waals surface area contributed by atoms with Crippen LogP contribution in [0.3, 0.4) is 0 Å². The highest BCUT2D eigenvalue weighted by atomic mass is 35.5. The van der Waals surface area contributed by atoms with Crippen LogP contribution in [-0.4, -0.2) is 29.8 Å². The fourth-order valence-electron chi connectivity index (χ4n) is 2.84. The van der Waals surface area contributed by atoms with Gasteiger partial charge in [0.25, 0.3) is 5.56 Å². The summed E-state index contributed by atoms with van der Waals surface area (Å²) < 4.78 is 1.19. The fraction of sp³-hybridized carbons (Fsp3) is 0.211. The predicted molar refractivity (Wildman–Crippen MR) is 105 cm³/mol. The third-order valence-electron chi connectivity index (χ3n) is 4.06. The van der Waals surface area contributed by atoms with Gasteiger partial charge in [0.15, 0.2) is 0 Å². The van der Waals surface area contributed by atoms with E-state index in [-0.39, 0.29) is 18.0 Å². The molecule has 3 rings (SSSR count). The van der Waals surface area contributed by atoms with E-state index in [0.29, 0.717) is 21.8 Å². The Hall–Kier alpha value is -2.86. The lowest BCUT2D eigenvalue weighted by molar-refractivity contribution is -0.117. The largest absolute Gasteiger partial charge is 0.376 e. The number of amides is 1. The van der Waals surface area contributed by atoms with E-state index >= 15 is 0 Å². The Kier molecular flexibility index (Phi) is 4.95. The third kappa shape index (κ3) is 3.55. The van der Waals surface area contributed by atoms with Crippen molar-refractivity contribution in [1.29, 1.82) is 0 Å². The zero-order chi connectivity index (χ0) is 18.8. The van der Waals surface area contributed by atoms with Crippen LogP contribution >= 0.6 is 11.6 Å². The second-order valence-corrected chi connectivity index (χ2v) is 6.63. The van der Waals surface area contributed by atoms with Crippen molar-refractivity contribution in [2.75, 3.05) is 24.3 Å². The first-order chi connectivity index (χ1) is 12.4. The first kappa shape index (κ1) is 17.9. The van der Waals surface area contributed by atoms with Crippen LogP contribution in [0.15, 0.2) is 47.3 Å². The molecule has 1 heterocycles. The van der Waals surface area contributed by atoms with E-state index in [1.54, 1.807) is 24.3 Å². The van der Waals surface area contributed by atoms with Crippen LogP contribution in [0.1, 0.15) is 5.69 Å². The molecule has 3 aromatic rings. The molecule has 2 aromatic carbocycles. The number of fused-ring (bicyclic) bond motifs is 1. The lowest BCUT2D eigenvalue weighted by Crippen LogP contribution is -2.30. The quantitative estimate of drug-likeness (QED) is 0.766. The van der Waals surface area contributed by atoms with Crippen molar-refractivity contribution >= 4 is 39.7 Å². The Bertz CT molecular complexity index is 1040. The summed E-state index contributed by atoms with van der Waals surface area (Å²) in [5.74, 6) is -0.348. The second kappa shape index (κ2) is 7.17. The SMILES string of the molecule is Cc1nn(CC(=O)Nc2cc(Cl)ccc2N(C)C)c(=O)c2ccccc12. The number of carbonyl (C=O) groups is 1. The van der Waals surface area contributed by atoms with E-state index < -0.39 is 0 Å². The number of nitrogens with zero attached hydrogens (tertiary/aromatic N) is 3. The summed E-state index contributed by atoms with van der Waals surface area (Å²) in [5.41, 5.74) is 1.81. The van der Waals surface area contributed by atoms with Crippen molar-refractivity contribution in [3.05, 3.63) is 63.5 Å². The molecule has 26 heavy (non-hydrogen) atoms. The van der Waals surface area contributed by atoms with Gasteiger partial charge in [-0.3, -0.25) is 9.59 Å². The molecular weight excluding hydrogens is 352 g/mol. The smallest absolute Gasteiger partial charge is 0.275 e. The molecule has 0 atom stereocenters. The van der Waals surface area contributed by atoms with Gasteiger partial charge in [-0.25, -0.2) is 4.68 Å². The van der Waals surface area contributed by atoms with Gasteiger partial charge in [0.2, 0.25) is 5.91 Å². The van der Waals surface area contributed by atoms with E-state index in [2.05, 4.69) is 10.4 Å². The van der Waals surface area contributed by atoms with E-state index in [1.165, 1.54) is 4.68 Å². The first-order valence-electron chi connectivity index (χ1n) is 8.10. The minimum atomic E-state index is -0.348. The number of rotatable bonds is 4. The minimum Gasteiger partial charge on any atom is -0.376 e. The van der Waals surface area contributed by atoms with Gasteiger partial charge in [-0.2, -0.15) is 5.10 Å². The lowest BCUT2D eigenvalue weighted by Gasteiger charge is -2.18. The number of anilines is 2. The highest BCUT2D eigenvalue weighted by Crippen LogP contribution is 2.27. The molecule has 0 radical (unpaired) electrons. The summed E-state index contributed by atoms with van der Waals surface area (Å²) in [7, 11) is 3.75. The third-order valence-corrected chi connectivity index (χ3v) is 4.30. The topological polar surface area (TPSA) is 67.2 Å². The first-order valence-corrected chi connectivity index (χ1v) is 8.48. The predicted octanol–water partition coefficient (Wildman–Crippen LogP) is 3.06. The Morgan fingerprint density at radius 1 is 1.19 bits per heavy atom. The molecule has 7 heteroatoms. The monoisotopic (exact) mass is 370 g/mol.